The van der Waals surface area contributed by atoms with Crippen molar-refractivity contribution >= 4 is 34.8 Å². The maximum absolute atomic E-state index is 12.7. The number of hydrogen-bond acceptors (Lipinski definition) is 4. The van der Waals surface area contributed by atoms with Gasteiger partial charge in [-0.2, -0.15) is 0 Å². The summed E-state index contributed by atoms with van der Waals surface area (Å²) in [7, 11) is 0. The van der Waals surface area contributed by atoms with Crippen LogP contribution in [-0.4, -0.2) is 47.3 Å². The minimum atomic E-state index is -0.472. The molecule has 0 spiro atoms. The molecule has 2 aromatic rings. The zero-order valence-electron chi connectivity index (χ0n) is 14.7. The third kappa shape index (κ3) is 4.84. The van der Waals surface area contributed by atoms with E-state index < -0.39 is 6.04 Å². The lowest BCUT2D eigenvalue weighted by molar-refractivity contribution is -0.142. The van der Waals surface area contributed by atoms with Crippen LogP contribution in [0.1, 0.15) is 17.4 Å². The topological polar surface area (TPSA) is 52.7 Å². The van der Waals surface area contributed by atoms with Gasteiger partial charge in [-0.3, -0.25) is 14.5 Å². The van der Waals surface area contributed by atoms with Crippen molar-refractivity contribution in [1.82, 2.24) is 15.1 Å². The molecule has 3 rings (SSSR count). The average Bonchev–Trinajstić information content (AvgIpc) is 3.05. The number of carbonyl (C=O) groups is 2. The Bertz CT molecular complexity index is 765. The lowest BCUT2D eigenvalue weighted by Crippen LogP contribution is -2.59. The highest BCUT2D eigenvalue weighted by molar-refractivity contribution is 7.16. The summed E-state index contributed by atoms with van der Waals surface area (Å²) in [6.07, 6.45) is 0. The zero-order chi connectivity index (χ0) is 18.5. The summed E-state index contributed by atoms with van der Waals surface area (Å²) >= 11 is 7.55. The van der Waals surface area contributed by atoms with Gasteiger partial charge in [-0.15, -0.1) is 11.3 Å². The molecule has 0 aliphatic carbocycles. The number of amides is 2. The minimum Gasteiger partial charge on any atom is -0.350 e. The van der Waals surface area contributed by atoms with Crippen molar-refractivity contribution < 1.29 is 9.59 Å². The molecule has 1 aliphatic heterocycles. The first kappa shape index (κ1) is 18.9. The standard InChI is InChI=1S/C19H22ClN3O2S/c1-14(24)23-10-9-22(12-16-7-8-18(20)26-16)13-17(23)19(25)21-11-15-5-3-2-4-6-15/h2-8,17H,9-13H2,1H3,(H,21,25). The van der Waals surface area contributed by atoms with Gasteiger partial charge >= 0.3 is 0 Å². The van der Waals surface area contributed by atoms with Gasteiger partial charge in [-0.1, -0.05) is 41.9 Å². The van der Waals surface area contributed by atoms with Crippen molar-refractivity contribution in [3.05, 3.63) is 57.2 Å². The van der Waals surface area contributed by atoms with Gasteiger partial charge in [-0.05, 0) is 17.7 Å². The molecule has 0 radical (unpaired) electrons. The van der Waals surface area contributed by atoms with Crippen molar-refractivity contribution in [1.29, 1.82) is 0 Å². The molecule has 2 heterocycles. The number of halogens is 1. The van der Waals surface area contributed by atoms with E-state index in [1.54, 1.807) is 16.2 Å². The number of carbonyl (C=O) groups excluding carboxylic acids is 2. The molecular weight excluding hydrogens is 370 g/mol. The molecule has 1 unspecified atom stereocenters. The third-order valence-electron chi connectivity index (χ3n) is 4.49. The van der Waals surface area contributed by atoms with Crippen LogP contribution in [0.3, 0.4) is 0 Å². The SMILES string of the molecule is CC(=O)N1CCN(Cc2ccc(Cl)s2)CC1C(=O)NCc1ccccc1. The van der Waals surface area contributed by atoms with Gasteiger partial charge in [0, 0.05) is 44.5 Å². The molecule has 0 saturated carbocycles. The van der Waals surface area contributed by atoms with E-state index in [2.05, 4.69) is 10.2 Å². The van der Waals surface area contributed by atoms with Crippen LogP contribution >= 0.6 is 22.9 Å². The van der Waals surface area contributed by atoms with E-state index in [9.17, 15) is 9.59 Å². The van der Waals surface area contributed by atoms with Crippen LogP contribution in [-0.2, 0) is 22.7 Å². The molecule has 1 aromatic carbocycles. The van der Waals surface area contributed by atoms with Crippen molar-refractivity contribution in [3.8, 4) is 0 Å². The van der Waals surface area contributed by atoms with Gasteiger partial charge in [0.25, 0.3) is 0 Å². The molecule has 1 saturated heterocycles. The molecule has 0 bridgehead atoms. The molecule has 1 fully saturated rings. The van der Waals surface area contributed by atoms with Gasteiger partial charge in [0.05, 0.1) is 4.34 Å². The van der Waals surface area contributed by atoms with Crippen molar-refractivity contribution in [3.63, 3.8) is 0 Å². The minimum absolute atomic E-state index is 0.0660. The summed E-state index contributed by atoms with van der Waals surface area (Å²) in [5, 5.41) is 2.96. The first-order chi connectivity index (χ1) is 12.5. The number of nitrogens with one attached hydrogen (secondary N) is 1. The van der Waals surface area contributed by atoms with E-state index in [0.717, 1.165) is 27.9 Å². The van der Waals surface area contributed by atoms with Crippen LogP contribution < -0.4 is 5.32 Å². The smallest absolute Gasteiger partial charge is 0.244 e. The number of piperazine rings is 1. The number of hydrogen-bond donors (Lipinski definition) is 1. The number of nitrogens with zero attached hydrogens (tertiary/aromatic N) is 2. The fourth-order valence-electron chi connectivity index (χ4n) is 3.14. The van der Waals surface area contributed by atoms with Crippen LogP contribution in [0.2, 0.25) is 4.34 Å². The second-order valence-corrected chi connectivity index (χ2v) is 8.17. The van der Waals surface area contributed by atoms with Gasteiger partial charge < -0.3 is 10.2 Å². The van der Waals surface area contributed by atoms with Gasteiger partial charge in [0.1, 0.15) is 6.04 Å². The van der Waals surface area contributed by atoms with Crippen LogP contribution in [0.15, 0.2) is 42.5 Å². The van der Waals surface area contributed by atoms with E-state index >= 15 is 0 Å². The van der Waals surface area contributed by atoms with Crippen LogP contribution in [0, 0.1) is 0 Å². The van der Waals surface area contributed by atoms with Gasteiger partial charge in [0.15, 0.2) is 0 Å². The molecular formula is C19H22ClN3O2S. The maximum atomic E-state index is 12.7. The maximum Gasteiger partial charge on any atom is 0.244 e. The molecule has 26 heavy (non-hydrogen) atoms. The molecule has 138 valence electrons. The fraction of sp³-hybridized carbons (Fsp3) is 0.368. The lowest BCUT2D eigenvalue weighted by Gasteiger charge is -2.40. The Balaban J connectivity index is 1.63. The molecule has 7 heteroatoms. The van der Waals surface area contributed by atoms with E-state index in [1.165, 1.54) is 6.92 Å². The predicted octanol–water partition coefficient (Wildman–Crippen LogP) is 2.75. The van der Waals surface area contributed by atoms with Crippen LogP contribution in [0.4, 0.5) is 0 Å². The number of benzene rings is 1. The molecule has 1 aliphatic rings. The Morgan fingerprint density at radius 1 is 1.19 bits per heavy atom. The highest BCUT2D eigenvalue weighted by Gasteiger charge is 2.33. The summed E-state index contributed by atoms with van der Waals surface area (Å²) in [5.41, 5.74) is 1.04. The monoisotopic (exact) mass is 391 g/mol. The third-order valence-corrected chi connectivity index (χ3v) is 5.71. The zero-order valence-corrected chi connectivity index (χ0v) is 16.2. The number of thiophene rings is 1. The lowest BCUT2D eigenvalue weighted by atomic mass is 10.1. The van der Waals surface area contributed by atoms with Gasteiger partial charge in [0.2, 0.25) is 11.8 Å². The van der Waals surface area contributed by atoms with Gasteiger partial charge in [-0.25, -0.2) is 0 Å². The summed E-state index contributed by atoms with van der Waals surface area (Å²) in [6.45, 7) is 4.55. The molecule has 5 nitrogen and oxygen atoms in total. The largest absolute Gasteiger partial charge is 0.350 e. The van der Waals surface area contributed by atoms with Crippen molar-refractivity contribution in [2.75, 3.05) is 19.6 Å². The molecule has 2 amide bonds. The Labute approximate surface area is 162 Å². The van der Waals surface area contributed by atoms with E-state index in [4.69, 9.17) is 11.6 Å². The summed E-state index contributed by atoms with van der Waals surface area (Å²) in [4.78, 5) is 29.7. The Hall–Kier alpha value is -1.89. The normalized spacial score (nSPS) is 17.9. The predicted molar refractivity (Wildman–Crippen MR) is 104 cm³/mol. The molecule has 1 N–H and O–H groups in total. The summed E-state index contributed by atoms with van der Waals surface area (Å²) in [6, 6.07) is 13.2. The molecule has 1 atom stereocenters. The van der Waals surface area contributed by atoms with E-state index in [0.29, 0.717) is 19.6 Å². The highest BCUT2D eigenvalue weighted by atomic mass is 35.5. The fourth-order valence-corrected chi connectivity index (χ4v) is 4.27. The second-order valence-electron chi connectivity index (χ2n) is 6.37. The average molecular weight is 392 g/mol. The van der Waals surface area contributed by atoms with Crippen molar-refractivity contribution in [2.45, 2.75) is 26.1 Å². The van der Waals surface area contributed by atoms with Crippen LogP contribution in [0.5, 0.6) is 0 Å². The second kappa shape index (κ2) is 8.66. The van der Waals surface area contributed by atoms with Crippen LogP contribution in [0.25, 0.3) is 0 Å². The number of rotatable bonds is 5. The van der Waals surface area contributed by atoms with E-state index in [1.807, 2.05) is 42.5 Å². The summed E-state index contributed by atoms with van der Waals surface area (Å²) < 4.78 is 0.763. The highest BCUT2D eigenvalue weighted by Crippen LogP contribution is 2.24. The van der Waals surface area contributed by atoms with E-state index in [-0.39, 0.29) is 11.8 Å². The quantitative estimate of drug-likeness (QED) is 0.852. The first-order valence-corrected chi connectivity index (χ1v) is 9.78. The van der Waals surface area contributed by atoms with Crippen molar-refractivity contribution in [2.24, 2.45) is 0 Å². The first-order valence-electron chi connectivity index (χ1n) is 8.58. The Kier molecular flexibility index (Phi) is 6.29. The summed E-state index contributed by atoms with van der Waals surface area (Å²) in [5.74, 6) is -0.179. The Morgan fingerprint density at radius 3 is 2.62 bits per heavy atom. The molecule has 1 aromatic heterocycles. The Morgan fingerprint density at radius 2 is 1.96 bits per heavy atom.